The topological polar surface area (TPSA) is 68.6 Å². The molecular formula is C23H28N2O4. The molecule has 6 heteroatoms. The maximum absolute atomic E-state index is 12.7. The van der Waals surface area contributed by atoms with Gasteiger partial charge in [0.05, 0.1) is 5.52 Å². The van der Waals surface area contributed by atoms with E-state index in [-0.39, 0.29) is 23.7 Å². The second-order valence-corrected chi connectivity index (χ2v) is 9.15. The van der Waals surface area contributed by atoms with Gasteiger partial charge >= 0.3 is 6.09 Å². The molecule has 1 aliphatic heterocycles. The summed E-state index contributed by atoms with van der Waals surface area (Å²) in [6, 6.07) is 7.93. The monoisotopic (exact) mass is 396 g/mol. The van der Waals surface area contributed by atoms with Crippen LogP contribution in [0.2, 0.25) is 0 Å². The minimum Gasteiger partial charge on any atom is -0.443 e. The number of piperidine rings is 1. The molecule has 1 aromatic heterocycles. The maximum atomic E-state index is 12.7. The van der Waals surface area contributed by atoms with Crippen molar-refractivity contribution < 1.29 is 19.1 Å². The molecule has 2 bridgehead atoms. The number of para-hydroxylation sites is 1. The highest BCUT2D eigenvalue weighted by molar-refractivity contribution is 5.92. The van der Waals surface area contributed by atoms with Crippen molar-refractivity contribution in [2.24, 2.45) is 5.92 Å². The van der Waals surface area contributed by atoms with E-state index in [4.69, 9.17) is 4.74 Å². The zero-order valence-electron chi connectivity index (χ0n) is 17.3. The number of carbonyl (C=O) groups excluding carboxylic acids is 3. The van der Waals surface area contributed by atoms with Gasteiger partial charge in [0.1, 0.15) is 11.4 Å². The largest absolute Gasteiger partial charge is 0.443 e. The molecule has 29 heavy (non-hydrogen) atoms. The molecule has 1 amide bonds. The van der Waals surface area contributed by atoms with E-state index < -0.39 is 11.7 Å². The molecule has 6 nitrogen and oxygen atoms in total. The van der Waals surface area contributed by atoms with Crippen molar-refractivity contribution in [2.75, 3.05) is 6.54 Å². The van der Waals surface area contributed by atoms with Crippen molar-refractivity contribution in [3.63, 3.8) is 0 Å². The Balaban J connectivity index is 1.55. The van der Waals surface area contributed by atoms with Crippen LogP contribution in [0.15, 0.2) is 30.5 Å². The van der Waals surface area contributed by atoms with Gasteiger partial charge in [-0.15, -0.1) is 0 Å². The first kappa shape index (κ1) is 19.7. The fourth-order valence-corrected chi connectivity index (χ4v) is 4.56. The van der Waals surface area contributed by atoms with Crippen molar-refractivity contribution in [1.29, 1.82) is 0 Å². The smallest absolute Gasteiger partial charge is 0.419 e. The second-order valence-electron chi connectivity index (χ2n) is 9.15. The number of ketones is 1. The van der Waals surface area contributed by atoms with Crippen molar-refractivity contribution in [3.05, 3.63) is 36.0 Å². The van der Waals surface area contributed by atoms with E-state index in [9.17, 15) is 14.4 Å². The normalized spacial score (nSPS) is 22.2. The Labute approximate surface area is 170 Å². The number of fused-ring (bicyclic) bond motifs is 3. The van der Waals surface area contributed by atoms with Crippen molar-refractivity contribution in [3.8, 4) is 0 Å². The van der Waals surface area contributed by atoms with E-state index in [1.165, 1.54) is 0 Å². The fourth-order valence-electron chi connectivity index (χ4n) is 4.56. The van der Waals surface area contributed by atoms with E-state index in [0.29, 0.717) is 25.8 Å². The zero-order chi connectivity index (χ0) is 20.8. The van der Waals surface area contributed by atoms with Gasteiger partial charge in [-0.2, -0.15) is 0 Å². The molecule has 1 saturated carbocycles. The number of Topliss-reactive ketones (excluding diaryl/α,β-unsaturated/α-hetero) is 1. The van der Waals surface area contributed by atoms with Gasteiger partial charge in [-0.1, -0.05) is 18.2 Å². The van der Waals surface area contributed by atoms with Crippen LogP contribution in [-0.4, -0.2) is 45.4 Å². The summed E-state index contributed by atoms with van der Waals surface area (Å²) < 4.78 is 7.11. The second kappa shape index (κ2) is 7.32. The standard InChI is InChI=1S/C23H28N2O4/c1-23(2,3)29-22(28)25-14-15(18-6-4-5-7-19(18)25)10-11-24-17-8-9-20(26)16(12-17)13-21(24)27/h4-7,14,16-17H,8-13H2,1-3H3/t16-,17+/m0/s1. The summed E-state index contributed by atoms with van der Waals surface area (Å²) in [6.07, 6.45) is 4.58. The summed E-state index contributed by atoms with van der Waals surface area (Å²) >= 11 is 0. The van der Waals surface area contributed by atoms with E-state index in [2.05, 4.69) is 0 Å². The lowest BCUT2D eigenvalue weighted by Crippen LogP contribution is -2.51. The number of likely N-dealkylation sites (tertiary alicyclic amines) is 1. The molecule has 1 aliphatic carbocycles. The first-order chi connectivity index (χ1) is 13.7. The predicted octanol–water partition coefficient (Wildman–Crippen LogP) is 3.94. The summed E-state index contributed by atoms with van der Waals surface area (Å²) in [5, 5.41) is 1.000. The highest BCUT2D eigenvalue weighted by atomic mass is 16.6. The Morgan fingerprint density at radius 2 is 1.97 bits per heavy atom. The highest BCUT2D eigenvalue weighted by Crippen LogP contribution is 2.33. The summed E-state index contributed by atoms with van der Waals surface area (Å²) in [4.78, 5) is 39.1. The minimum absolute atomic E-state index is 0.0772. The van der Waals surface area contributed by atoms with Crippen LogP contribution in [0.5, 0.6) is 0 Å². The number of nitrogens with zero attached hydrogens (tertiary/aromatic N) is 2. The van der Waals surface area contributed by atoms with Crippen LogP contribution in [0.3, 0.4) is 0 Å². The Morgan fingerprint density at radius 3 is 2.72 bits per heavy atom. The Morgan fingerprint density at radius 1 is 1.21 bits per heavy atom. The van der Waals surface area contributed by atoms with Crippen LogP contribution < -0.4 is 0 Å². The van der Waals surface area contributed by atoms with Crippen LogP contribution in [0.25, 0.3) is 10.9 Å². The molecule has 2 aliphatic rings. The van der Waals surface area contributed by atoms with Gasteiger partial charge in [-0.05, 0) is 51.7 Å². The van der Waals surface area contributed by atoms with Gasteiger partial charge in [-0.3, -0.25) is 14.2 Å². The highest BCUT2D eigenvalue weighted by Gasteiger charge is 2.40. The summed E-state index contributed by atoms with van der Waals surface area (Å²) in [5.74, 6) is 0.247. The summed E-state index contributed by atoms with van der Waals surface area (Å²) in [7, 11) is 0. The van der Waals surface area contributed by atoms with Crippen LogP contribution in [0.1, 0.15) is 52.0 Å². The third kappa shape index (κ3) is 3.93. The molecule has 0 spiro atoms. The number of hydrogen-bond donors (Lipinski definition) is 0. The molecule has 2 aromatic rings. The lowest BCUT2D eigenvalue weighted by Gasteiger charge is -2.42. The summed E-state index contributed by atoms with van der Waals surface area (Å²) in [6.45, 7) is 6.15. The molecule has 2 atom stereocenters. The average molecular weight is 396 g/mol. The quantitative estimate of drug-likeness (QED) is 0.788. The van der Waals surface area contributed by atoms with E-state index >= 15 is 0 Å². The average Bonchev–Trinajstić information content (AvgIpc) is 3.02. The zero-order valence-corrected chi connectivity index (χ0v) is 17.3. The number of benzene rings is 1. The molecule has 2 fully saturated rings. The number of ether oxygens (including phenoxy) is 1. The molecule has 1 aromatic carbocycles. The number of hydrogen-bond acceptors (Lipinski definition) is 4. The van der Waals surface area contributed by atoms with Crippen molar-refractivity contribution in [2.45, 2.75) is 64.5 Å². The Bertz CT molecular complexity index is 969. The molecule has 0 radical (unpaired) electrons. The van der Waals surface area contributed by atoms with E-state index in [0.717, 1.165) is 29.3 Å². The van der Waals surface area contributed by atoms with E-state index in [1.54, 1.807) is 4.57 Å². The van der Waals surface area contributed by atoms with Gasteiger partial charge in [0.25, 0.3) is 0 Å². The van der Waals surface area contributed by atoms with Gasteiger partial charge in [-0.25, -0.2) is 4.79 Å². The molecule has 2 heterocycles. The first-order valence-corrected chi connectivity index (χ1v) is 10.4. The third-order valence-corrected chi connectivity index (χ3v) is 5.92. The molecule has 0 unspecified atom stereocenters. The van der Waals surface area contributed by atoms with Gasteiger partial charge in [0.2, 0.25) is 5.91 Å². The number of rotatable bonds is 3. The minimum atomic E-state index is -0.572. The third-order valence-electron chi connectivity index (χ3n) is 5.92. The lowest BCUT2D eigenvalue weighted by atomic mass is 9.78. The van der Waals surface area contributed by atoms with Gasteiger partial charge < -0.3 is 9.64 Å². The van der Waals surface area contributed by atoms with Crippen molar-refractivity contribution in [1.82, 2.24) is 9.47 Å². The Kier molecular flexibility index (Phi) is 4.97. The Hall–Kier alpha value is -2.63. The summed E-state index contributed by atoms with van der Waals surface area (Å²) in [5.41, 5.74) is 1.26. The predicted molar refractivity (Wildman–Crippen MR) is 110 cm³/mol. The van der Waals surface area contributed by atoms with Crippen LogP contribution in [-0.2, 0) is 20.7 Å². The number of amides is 1. The molecule has 0 N–H and O–H groups in total. The molecule has 1 saturated heterocycles. The van der Waals surface area contributed by atoms with Gasteiger partial charge in [0, 0.05) is 42.9 Å². The number of carbonyl (C=O) groups is 3. The van der Waals surface area contributed by atoms with Crippen LogP contribution in [0, 0.1) is 5.92 Å². The molecule has 154 valence electrons. The van der Waals surface area contributed by atoms with Crippen molar-refractivity contribution >= 4 is 28.7 Å². The lowest BCUT2D eigenvalue weighted by molar-refractivity contribution is -0.146. The van der Waals surface area contributed by atoms with E-state index in [1.807, 2.05) is 56.1 Å². The first-order valence-electron chi connectivity index (χ1n) is 10.4. The molecular weight excluding hydrogens is 368 g/mol. The van der Waals surface area contributed by atoms with Gasteiger partial charge in [0.15, 0.2) is 0 Å². The number of aromatic nitrogens is 1. The fraction of sp³-hybridized carbons (Fsp3) is 0.522. The SMILES string of the molecule is CC(C)(C)OC(=O)n1cc(CCN2C(=O)C[C@@H]3C[C@H]2CCC3=O)c2ccccc21. The maximum Gasteiger partial charge on any atom is 0.419 e. The van der Waals surface area contributed by atoms with Crippen LogP contribution in [0.4, 0.5) is 4.79 Å². The molecule has 4 rings (SSSR count). The van der Waals surface area contributed by atoms with Crippen LogP contribution >= 0.6 is 0 Å².